The number of nitrogens with zero attached hydrogens (tertiary/aromatic N) is 2. The molecule has 0 fully saturated rings. The quantitative estimate of drug-likeness (QED) is 0.539. The number of carboxylic acid groups (broad SMARTS) is 1. The third-order valence-electron chi connectivity index (χ3n) is 4.60. The molecular weight excluding hydrogens is 368 g/mol. The van der Waals surface area contributed by atoms with Crippen molar-refractivity contribution in [3.8, 4) is 5.69 Å². The third-order valence-corrected chi connectivity index (χ3v) is 6.61. The third kappa shape index (κ3) is 2.85. The predicted molar refractivity (Wildman–Crippen MR) is 105 cm³/mol. The molecule has 2 heterocycles. The molecule has 0 saturated heterocycles. The van der Waals surface area contributed by atoms with Crippen molar-refractivity contribution in [1.82, 2.24) is 9.55 Å². The minimum absolute atomic E-state index is 0.0478. The van der Waals surface area contributed by atoms with Crippen LogP contribution >= 0.6 is 23.1 Å². The molecule has 0 aliphatic heterocycles. The molecule has 2 aromatic heterocycles. The molecule has 0 radical (unpaired) electrons. The summed E-state index contributed by atoms with van der Waals surface area (Å²) >= 11 is 3.17. The largest absolute Gasteiger partial charge is 0.478 e. The first-order valence-corrected chi connectivity index (χ1v) is 10.4. The number of hydrogen-bond acceptors (Lipinski definition) is 5. The summed E-state index contributed by atoms with van der Waals surface area (Å²) in [6, 6.07) is 6.41. The fourth-order valence-corrected chi connectivity index (χ4v) is 5.43. The molecule has 1 aromatic carbocycles. The molecule has 0 unspecified atom stereocenters. The van der Waals surface area contributed by atoms with Gasteiger partial charge in [-0.25, -0.2) is 9.78 Å². The molecule has 0 amide bonds. The van der Waals surface area contributed by atoms with Crippen molar-refractivity contribution in [3.05, 3.63) is 50.6 Å². The number of carbonyl (C=O) groups is 1. The first-order valence-electron chi connectivity index (χ1n) is 8.64. The van der Waals surface area contributed by atoms with Crippen LogP contribution < -0.4 is 5.56 Å². The van der Waals surface area contributed by atoms with E-state index in [4.69, 9.17) is 10.1 Å². The number of fused-ring (bicyclic) bond motifs is 3. The molecule has 0 atom stereocenters. The summed E-state index contributed by atoms with van der Waals surface area (Å²) in [5, 5.41) is 10.5. The Morgan fingerprint density at radius 1 is 1.27 bits per heavy atom. The van der Waals surface area contributed by atoms with Crippen molar-refractivity contribution in [1.29, 1.82) is 0 Å². The van der Waals surface area contributed by atoms with Crippen LogP contribution in [-0.2, 0) is 12.8 Å². The van der Waals surface area contributed by atoms with E-state index in [0.717, 1.165) is 40.8 Å². The lowest BCUT2D eigenvalue weighted by atomic mass is 9.97. The van der Waals surface area contributed by atoms with E-state index < -0.39 is 5.97 Å². The Morgan fingerprint density at radius 3 is 2.69 bits per heavy atom. The zero-order chi connectivity index (χ0) is 18.3. The second kappa shape index (κ2) is 6.89. The normalized spacial score (nSPS) is 13.7. The summed E-state index contributed by atoms with van der Waals surface area (Å²) < 4.78 is 1.63. The van der Waals surface area contributed by atoms with Crippen LogP contribution in [0.5, 0.6) is 0 Å². The maximum Gasteiger partial charge on any atom is 0.335 e. The summed E-state index contributed by atoms with van der Waals surface area (Å²) in [5.74, 6) is -0.177. The number of aromatic carboxylic acids is 1. The molecule has 3 aromatic rings. The van der Waals surface area contributed by atoms with Crippen LogP contribution in [0, 0.1) is 0 Å². The predicted octanol–water partition coefficient (Wildman–Crippen LogP) is 4.14. The van der Waals surface area contributed by atoms with Crippen molar-refractivity contribution in [2.24, 2.45) is 0 Å². The van der Waals surface area contributed by atoms with Gasteiger partial charge in [0.15, 0.2) is 5.16 Å². The summed E-state index contributed by atoms with van der Waals surface area (Å²) in [4.78, 5) is 31.4. The topological polar surface area (TPSA) is 72.2 Å². The molecule has 0 spiro atoms. The van der Waals surface area contributed by atoms with Crippen LogP contribution in [0.25, 0.3) is 15.9 Å². The molecule has 5 nitrogen and oxygen atoms in total. The highest BCUT2D eigenvalue weighted by Gasteiger charge is 2.22. The molecule has 1 N–H and O–H groups in total. The highest BCUT2D eigenvalue weighted by molar-refractivity contribution is 7.99. The van der Waals surface area contributed by atoms with Gasteiger partial charge >= 0.3 is 5.97 Å². The Hall–Kier alpha value is -2.12. The van der Waals surface area contributed by atoms with Gasteiger partial charge < -0.3 is 5.11 Å². The Labute approximate surface area is 158 Å². The Morgan fingerprint density at radius 2 is 2.00 bits per heavy atom. The van der Waals surface area contributed by atoms with Crippen molar-refractivity contribution in [3.63, 3.8) is 0 Å². The standard InChI is InChI=1S/C19H18N2O3S2/c1-2-25-19-20-16-15(13-5-3-4-6-14(13)26-16)17(22)21(19)12-9-7-11(8-10-12)18(23)24/h7-10H,2-6H2,1H3,(H,23,24). The fourth-order valence-electron chi connectivity index (χ4n) is 3.39. The Bertz CT molecular complexity index is 1050. The number of aromatic nitrogens is 2. The van der Waals surface area contributed by atoms with Crippen LogP contribution in [0.1, 0.15) is 40.6 Å². The van der Waals surface area contributed by atoms with Crippen molar-refractivity contribution in [2.45, 2.75) is 37.8 Å². The first-order chi connectivity index (χ1) is 12.6. The van der Waals surface area contributed by atoms with Crippen LogP contribution in [0.15, 0.2) is 34.2 Å². The molecule has 26 heavy (non-hydrogen) atoms. The molecule has 7 heteroatoms. The van der Waals surface area contributed by atoms with Gasteiger partial charge in [0.2, 0.25) is 0 Å². The second-order valence-corrected chi connectivity index (χ2v) is 8.53. The van der Waals surface area contributed by atoms with Crippen LogP contribution in [0.3, 0.4) is 0 Å². The van der Waals surface area contributed by atoms with Gasteiger partial charge in [0.05, 0.1) is 16.6 Å². The van der Waals surface area contributed by atoms with Crippen LogP contribution in [-0.4, -0.2) is 26.4 Å². The first kappa shape index (κ1) is 17.3. The number of thioether (sulfide) groups is 1. The van der Waals surface area contributed by atoms with Gasteiger partial charge in [0.25, 0.3) is 5.56 Å². The van der Waals surface area contributed by atoms with E-state index in [2.05, 4.69) is 0 Å². The number of hydrogen-bond donors (Lipinski definition) is 1. The van der Waals surface area contributed by atoms with E-state index in [-0.39, 0.29) is 11.1 Å². The molecular formula is C19H18N2O3S2. The molecule has 0 saturated carbocycles. The van der Waals surface area contributed by atoms with E-state index in [9.17, 15) is 9.59 Å². The van der Waals surface area contributed by atoms with Crippen LogP contribution in [0.4, 0.5) is 0 Å². The maximum atomic E-state index is 13.4. The van der Waals surface area contributed by atoms with Crippen molar-refractivity contribution < 1.29 is 9.90 Å². The number of benzene rings is 1. The second-order valence-electron chi connectivity index (χ2n) is 6.21. The minimum atomic E-state index is -0.979. The highest BCUT2D eigenvalue weighted by atomic mass is 32.2. The number of carboxylic acids is 1. The summed E-state index contributed by atoms with van der Waals surface area (Å²) in [6.07, 6.45) is 4.24. The lowest BCUT2D eigenvalue weighted by Crippen LogP contribution is -2.22. The van der Waals surface area contributed by atoms with Gasteiger partial charge in [0, 0.05) is 4.88 Å². The SMILES string of the molecule is CCSc1nc2sc3c(c2c(=O)n1-c1ccc(C(=O)O)cc1)CCCC3. The average molecular weight is 386 g/mol. The van der Waals surface area contributed by atoms with E-state index >= 15 is 0 Å². The van der Waals surface area contributed by atoms with Gasteiger partial charge in [-0.05, 0) is 61.3 Å². The van der Waals surface area contributed by atoms with Gasteiger partial charge in [-0.15, -0.1) is 11.3 Å². The van der Waals surface area contributed by atoms with Gasteiger partial charge in [0.1, 0.15) is 4.83 Å². The number of rotatable bonds is 4. The van der Waals surface area contributed by atoms with Crippen molar-refractivity contribution >= 4 is 39.3 Å². The number of aryl methyl sites for hydroxylation is 2. The number of thiophene rings is 1. The van der Waals surface area contributed by atoms with E-state index in [1.807, 2.05) is 6.92 Å². The highest BCUT2D eigenvalue weighted by Crippen LogP contribution is 2.35. The fraction of sp³-hybridized carbons (Fsp3) is 0.316. The van der Waals surface area contributed by atoms with E-state index in [1.54, 1.807) is 28.0 Å². The summed E-state index contributed by atoms with van der Waals surface area (Å²) in [7, 11) is 0. The maximum absolute atomic E-state index is 13.4. The van der Waals surface area contributed by atoms with Gasteiger partial charge in [-0.2, -0.15) is 0 Å². The molecule has 4 rings (SSSR count). The lowest BCUT2D eigenvalue weighted by molar-refractivity contribution is 0.0697. The van der Waals surface area contributed by atoms with Crippen molar-refractivity contribution in [2.75, 3.05) is 5.75 Å². The summed E-state index contributed by atoms with van der Waals surface area (Å²) in [6.45, 7) is 2.03. The Kier molecular flexibility index (Phi) is 4.58. The molecule has 1 aliphatic rings. The molecule has 134 valence electrons. The van der Waals surface area contributed by atoms with Gasteiger partial charge in [-0.3, -0.25) is 9.36 Å². The van der Waals surface area contributed by atoms with Crippen LogP contribution in [0.2, 0.25) is 0 Å². The average Bonchev–Trinajstić information content (AvgIpc) is 3.01. The van der Waals surface area contributed by atoms with E-state index in [1.165, 1.54) is 35.2 Å². The lowest BCUT2D eigenvalue weighted by Gasteiger charge is -2.13. The van der Waals surface area contributed by atoms with E-state index in [0.29, 0.717) is 10.8 Å². The monoisotopic (exact) mass is 386 g/mol. The molecule has 0 bridgehead atoms. The Balaban J connectivity index is 1.97. The zero-order valence-electron chi connectivity index (χ0n) is 14.3. The minimum Gasteiger partial charge on any atom is -0.478 e. The molecule has 1 aliphatic carbocycles. The zero-order valence-corrected chi connectivity index (χ0v) is 16.0. The summed E-state index contributed by atoms with van der Waals surface area (Å²) in [5.41, 5.74) is 1.97. The van der Waals surface area contributed by atoms with Gasteiger partial charge in [-0.1, -0.05) is 18.7 Å². The smallest absolute Gasteiger partial charge is 0.335 e.